The number of carbonyl (C=O) groups is 1. The van der Waals surface area contributed by atoms with Crippen LogP contribution in [0.4, 0.5) is 4.39 Å². The lowest BCUT2D eigenvalue weighted by Gasteiger charge is -2.31. The van der Waals surface area contributed by atoms with E-state index in [2.05, 4.69) is 4.98 Å². The average molecular weight is 345 g/mol. The Kier molecular flexibility index (Phi) is 7.03. The number of methoxy groups -OCH3 is 1. The van der Waals surface area contributed by atoms with E-state index >= 15 is 0 Å². The number of halogens is 1. The van der Waals surface area contributed by atoms with E-state index in [0.717, 1.165) is 5.56 Å². The van der Waals surface area contributed by atoms with E-state index in [0.29, 0.717) is 25.3 Å². The molecule has 0 N–H and O–H groups in total. The maximum Gasteiger partial charge on any atom is 0.244 e. The number of likely N-dealkylation sites (N-methyl/N-ethyl adjacent to an activating group) is 1. The molecular formula is C19H24FN3O2. The lowest BCUT2D eigenvalue weighted by molar-refractivity contribution is -0.137. The number of rotatable bonds is 8. The molecule has 1 aromatic carbocycles. The van der Waals surface area contributed by atoms with Crippen molar-refractivity contribution in [2.75, 3.05) is 34.4 Å². The summed E-state index contributed by atoms with van der Waals surface area (Å²) in [6.45, 7) is 1.34. The SMILES string of the molecule is COCCN(Cc1ccncc1)C(=O)[C@@H](c1cccc(F)c1)N(C)C. The summed E-state index contributed by atoms with van der Waals surface area (Å²) in [4.78, 5) is 20.7. The first-order valence-corrected chi connectivity index (χ1v) is 8.11. The van der Waals surface area contributed by atoms with Crippen LogP contribution in [0, 0.1) is 5.82 Å². The van der Waals surface area contributed by atoms with Gasteiger partial charge in [-0.1, -0.05) is 12.1 Å². The molecule has 134 valence electrons. The number of benzene rings is 1. The van der Waals surface area contributed by atoms with E-state index in [1.807, 2.05) is 26.2 Å². The molecule has 0 radical (unpaired) electrons. The Morgan fingerprint density at radius 3 is 2.56 bits per heavy atom. The highest BCUT2D eigenvalue weighted by molar-refractivity contribution is 5.83. The van der Waals surface area contributed by atoms with Crippen molar-refractivity contribution in [2.24, 2.45) is 0 Å². The van der Waals surface area contributed by atoms with Gasteiger partial charge in [0.2, 0.25) is 5.91 Å². The summed E-state index contributed by atoms with van der Waals surface area (Å²) in [5, 5.41) is 0. The van der Waals surface area contributed by atoms with Crippen LogP contribution in [0.2, 0.25) is 0 Å². The van der Waals surface area contributed by atoms with Gasteiger partial charge >= 0.3 is 0 Å². The molecule has 1 aromatic heterocycles. The molecule has 1 amide bonds. The van der Waals surface area contributed by atoms with Crippen LogP contribution in [0.3, 0.4) is 0 Å². The van der Waals surface area contributed by atoms with Crippen LogP contribution >= 0.6 is 0 Å². The average Bonchev–Trinajstić information content (AvgIpc) is 2.59. The van der Waals surface area contributed by atoms with Crippen molar-refractivity contribution in [3.8, 4) is 0 Å². The fraction of sp³-hybridized carbons (Fsp3) is 0.368. The first-order valence-electron chi connectivity index (χ1n) is 8.11. The second kappa shape index (κ2) is 9.25. The van der Waals surface area contributed by atoms with Gasteiger partial charge < -0.3 is 9.64 Å². The van der Waals surface area contributed by atoms with Crippen molar-refractivity contribution >= 4 is 5.91 Å². The minimum absolute atomic E-state index is 0.0931. The van der Waals surface area contributed by atoms with Crippen LogP contribution < -0.4 is 0 Å². The van der Waals surface area contributed by atoms with Crippen LogP contribution in [0.5, 0.6) is 0 Å². The second-order valence-corrected chi connectivity index (χ2v) is 6.03. The normalized spacial score (nSPS) is 12.2. The lowest BCUT2D eigenvalue weighted by atomic mass is 10.0. The zero-order valence-corrected chi connectivity index (χ0v) is 14.9. The second-order valence-electron chi connectivity index (χ2n) is 6.03. The Hall–Kier alpha value is -2.31. The number of pyridine rings is 1. The molecule has 0 fully saturated rings. The van der Waals surface area contributed by atoms with Crippen molar-refractivity contribution in [1.82, 2.24) is 14.8 Å². The summed E-state index contributed by atoms with van der Waals surface area (Å²) in [5.74, 6) is -0.445. The maximum atomic E-state index is 13.6. The minimum Gasteiger partial charge on any atom is -0.383 e. The summed E-state index contributed by atoms with van der Waals surface area (Å²) in [7, 11) is 5.23. The Morgan fingerprint density at radius 1 is 1.24 bits per heavy atom. The topological polar surface area (TPSA) is 45.7 Å². The molecular weight excluding hydrogens is 321 g/mol. The predicted octanol–water partition coefficient (Wildman–Crippen LogP) is 2.50. The molecule has 0 saturated carbocycles. The molecule has 1 heterocycles. The van der Waals surface area contributed by atoms with Gasteiger partial charge in [-0.3, -0.25) is 14.7 Å². The van der Waals surface area contributed by atoms with Crippen molar-refractivity contribution in [2.45, 2.75) is 12.6 Å². The van der Waals surface area contributed by atoms with Gasteiger partial charge in [0, 0.05) is 32.6 Å². The molecule has 0 saturated heterocycles. The van der Waals surface area contributed by atoms with E-state index in [-0.39, 0.29) is 11.7 Å². The van der Waals surface area contributed by atoms with Crippen molar-refractivity contribution < 1.29 is 13.9 Å². The van der Waals surface area contributed by atoms with E-state index in [4.69, 9.17) is 4.74 Å². The third kappa shape index (κ3) is 5.34. The highest BCUT2D eigenvalue weighted by atomic mass is 19.1. The summed E-state index contributed by atoms with van der Waals surface area (Å²) >= 11 is 0. The van der Waals surface area contributed by atoms with Crippen LogP contribution in [0.25, 0.3) is 0 Å². The fourth-order valence-electron chi connectivity index (χ4n) is 2.69. The molecule has 0 unspecified atom stereocenters. The van der Waals surface area contributed by atoms with E-state index in [1.54, 1.807) is 41.4 Å². The molecule has 0 aliphatic heterocycles. The zero-order valence-electron chi connectivity index (χ0n) is 14.9. The van der Waals surface area contributed by atoms with Crippen molar-refractivity contribution in [3.63, 3.8) is 0 Å². The minimum atomic E-state index is -0.561. The number of hydrogen-bond donors (Lipinski definition) is 0. The van der Waals surface area contributed by atoms with Gasteiger partial charge in [-0.05, 0) is 49.5 Å². The molecule has 2 aromatic rings. The summed E-state index contributed by atoms with van der Waals surface area (Å²) in [5.41, 5.74) is 1.61. The van der Waals surface area contributed by atoms with Gasteiger partial charge in [0.25, 0.3) is 0 Å². The molecule has 6 heteroatoms. The number of ether oxygens (including phenoxy) is 1. The van der Waals surface area contributed by atoms with Crippen LogP contribution in [0.1, 0.15) is 17.2 Å². The van der Waals surface area contributed by atoms with Crippen molar-refractivity contribution in [1.29, 1.82) is 0 Å². The smallest absolute Gasteiger partial charge is 0.244 e. The Labute approximate surface area is 148 Å². The van der Waals surface area contributed by atoms with Gasteiger partial charge in [0.15, 0.2) is 0 Å². The van der Waals surface area contributed by atoms with Gasteiger partial charge in [-0.2, -0.15) is 0 Å². The monoisotopic (exact) mass is 345 g/mol. The maximum absolute atomic E-state index is 13.6. The molecule has 5 nitrogen and oxygen atoms in total. The van der Waals surface area contributed by atoms with E-state index < -0.39 is 6.04 Å². The highest BCUT2D eigenvalue weighted by Crippen LogP contribution is 2.22. The van der Waals surface area contributed by atoms with E-state index in [9.17, 15) is 9.18 Å². The lowest BCUT2D eigenvalue weighted by Crippen LogP contribution is -2.41. The molecule has 2 rings (SSSR count). The molecule has 1 atom stereocenters. The third-order valence-corrected chi connectivity index (χ3v) is 3.91. The number of carbonyl (C=O) groups excluding carboxylic acids is 1. The van der Waals surface area contributed by atoms with E-state index in [1.165, 1.54) is 12.1 Å². The van der Waals surface area contributed by atoms with Crippen LogP contribution in [-0.2, 0) is 16.1 Å². The molecule has 0 spiro atoms. The Bertz CT molecular complexity index is 679. The summed E-state index contributed by atoms with van der Waals surface area (Å²) in [6, 6.07) is 9.36. The molecule has 0 bridgehead atoms. The van der Waals surface area contributed by atoms with Gasteiger partial charge in [-0.25, -0.2) is 4.39 Å². The molecule has 0 aliphatic rings. The molecule has 25 heavy (non-hydrogen) atoms. The van der Waals surface area contributed by atoms with Crippen molar-refractivity contribution in [3.05, 3.63) is 65.7 Å². The first kappa shape index (κ1) is 19.0. The predicted molar refractivity (Wildman–Crippen MR) is 94.4 cm³/mol. The number of hydrogen-bond acceptors (Lipinski definition) is 4. The third-order valence-electron chi connectivity index (χ3n) is 3.91. The standard InChI is InChI=1S/C19H24FN3O2/c1-22(2)18(16-5-4-6-17(20)13-16)19(24)23(11-12-25-3)14-15-7-9-21-10-8-15/h4-10,13,18H,11-12,14H2,1-3H3/t18-/m1/s1. The Balaban J connectivity index is 2.27. The quantitative estimate of drug-likeness (QED) is 0.737. The van der Waals surface area contributed by atoms with Gasteiger partial charge in [0.05, 0.1) is 6.61 Å². The van der Waals surface area contributed by atoms with Gasteiger partial charge in [-0.15, -0.1) is 0 Å². The number of nitrogens with zero attached hydrogens (tertiary/aromatic N) is 3. The fourth-order valence-corrected chi connectivity index (χ4v) is 2.69. The summed E-state index contributed by atoms with van der Waals surface area (Å²) in [6.07, 6.45) is 3.40. The molecule has 0 aliphatic carbocycles. The van der Waals surface area contributed by atoms with Crippen LogP contribution in [0.15, 0.2) is 48.8 Å². The zero-order chi connectivity index (χ0) is 18.2. The summed E-state index contributed by atoms with van der Waals surface area (Å²) < 4.78 is 18.8. The largest absolute Gasteiger partial charge is 0.383 e. The number of aromatic nitrogens is 1. The number of amides is 1. The Morgan fingerprint density at radius 2 is 1.96 bits per heavy atom. The first-order chi connectivity index (χ1) is 12.0. The van der Waals surface area contributed by atoms with Gasteiger partial charge in [0.1, 0.15) is 11.9 Å². The van der Waals surface area contributed by atoms with Crippen LogP contribution in [-0.4, -0.2) is 55.0 Å². The highest BCUT2D eigenvalue weighted by Gasteiger charge is 2.28.